The smallest absolute Gasteiger partial charge is 0.295 e. The SMILES string of the molecule is CC[C@H](O)CN1CCN(c2c(Cl)cc(Cl)cc2[N+](=O)[O-])CC1. The van der Waals surface area contributed by atoms with Gasteiger partial charge in [-0.25, -0.2) is 0 Å². The maximum Gasteiger partial charge on any atom is 0.295 e. The van der Waals surface area contributed by atoms with E-state index in [2.05, 4.69) is 4.90 Å². The predicted molar refractivity (Wildman–Crippen MR) is 88.1 cm³/mol. The molecule has 1 aromatic rings. The van der Waals surface area contributed by atoms with Crippen molar-refractivity contribution >= 4 is 34.6 Å². The fourth-order valence-electron chi connectivity index (χ4n) is 2.59. The summed E-state index contributed by atoms with van der Waals surface area (Å²) >= 11 is 12.0. The Bertz CT molecular complexity index is 548. The van der Waals surface area contributed by atoms with Crippen LogP contribution in [0.25, 0.3) is 0 Å². The van der Waals surface area contributed by atoms with Gasteiger partial charge in [0.05, 0.1) is 16.0 Å². The van der Waals surface area contributed by atoms with Crippen LogP contribution in [0.4, 0.5) is 11.4 Å². The summed E-state index contributed by atoms with van der Waals surface area (Å²) in [5.41, 5.74) is 0.353. The molecule has 0 spiro atoms. The minimum atomic E-state index is -0.458. The number of β-amino-alcohol motifs (C(OH)–C–C–N with tert-alkyl or cyclic N) is 1. The minimum Gasteiger partial charge on any atom is -0.392 e. The van der Waals surface area contributed by atoms with Gasteiger partial charge in [-0.15, -0.1) is 0 Å². The molecule has 0 amide bonds. The summed E-state index contributed by atoms with van der Waals surface area (Å²) in [6.45, 7) is 5.27. The van der Waals surface area contributed by atoms with Crippen LogP contribution in [0.15, 0.2) is 12.1 Å². The summed E-state index contributed by atoms with van der Waals surface area (Å²) in [7, 11) is 0. The highest BCUT2D eigenvalue weighted by Crippen LogP contribution is 2.38. The molecule has 22 heavy (non-hydrogen) atoms. The van der Waals surface area contributed by atoms with Crippen LogP contribution in [-0.4, -0.2) is 53.8 Å². The molecule has 1 aromatic carbocycles. The van der Waals surface area contributed by atoms with E-state index in [1.807, 2.05) is 11.8 Å². The third-order valence-corrected chi connectivity index (χ3v) is 4.34. The Morgan fingerprint density at radius 1 is 1.32 bits per heavy atom. The second-order valence-electron chi connectivity index (χ2n) is 5.36. The molecule has 1 atom stereocenters. The molecule has 1 heterocycles. The summed E-state index contributed by atoms with van der Waals surface area (Å²) in [4.78, 5) is 14.8. The topological polar surface area (TPSA) is 69.8 Å². The van der Waals surface area contributed by atoms with E-state index in [4.69, 9.17) is 23.2 Å². The lowest BCUT2D eigenvalue weighted by Crippen LogP contribution is -2.48. The fraction of sp³-hybridized carbons (Fsp3) is 0.571. The largest absolute Gasteiger partial charge is 0.392 e. The first-order valence-corrected chi connectivity index (χ1v) is 7.96. The number of nitrogens with zero attached hydrogens (tertiary/aromatic N) is 3. The second kappa shape index (κ2) is 7.46. The molecule has 0 radical (unpaired) electrons. The lowest BCUT2D eigenvalue weighted by molar-refractivity contribution is -0.384. The van der Waals surface area contributed by atoms with Crippen molar-refractivity contribution in [1.29, 1.82) is 0 Å². The molecule has 1 fully saturated rings. The maximum atomic E-state index is 11.2. The summed E-state index contributed by atoms with van der Waals surface area (Å²) < 4.78 is 0. The maximum absolute atomic E-state index is 11.2. The predicted octanol–water partition coefficient (Wildman–Crippen LogP) is 2.79. The third-order valence-electron chi connectivity index (χ3n) is 3.83. The van der Waals surface area contributed by atoms with Gasteiger partial charge in [0.25, 0.3) is 5.69 Å². The average molecular weight is 348 g/mol. The second-order valence-corrected chi connectivity index (χ2v) is 6.21. The van der Waals surface area contributed by atoms with E-state index in [9.17, 15) is 15.2 Å². The molecule has 1 saturated heterocycles. The Morgan fingerprint density at radius 2 is 1.95 bits per heavy atom. The number of anilines is 1. The number of nitro groups is 1. The van der Waals surface area contributed by atoms with Gasteiger partial charge in [0, 0.05) is 43.8 Å². The number of aliphatic hydroxyl groups is 1. The molecule has 122 valence electrons. The van der Waals surface area contributed by atoms with E-state index < -0.39 is 4.92 Å². The van der Waals surface area contributed by atoms with Gasteiger partial charge in [0.2, 0.25) is 0 Å². The van der Waals surface area contributed by atoms with Crippen LogP contribution in [0, 0.1) is 10.1 Å². The van der Waals surface area contributed by atoms with Crippen molar-refractivity contribution in [1.82, 2.24) is 4.90 Å². The first kappa shape index (κ1) is 17.3. The van der Waals surface area contributed by atoms with Crippen molar-refractivity contribution in [3.05, 3.63) is 32.3 Å². The number of hydrogen-bond donors (Lipinski definition) is 1. The molecule has 1 aliphatic rings. The molecule has 0 unspecified atom stereocenters. The Kier molecular flexibility index (Phi) is 5.86. The summed E-state index contributed by atoms with van der Waals surface area (Å²) in [5.74, 6) is 0. The quantitative estimate of drug-likeness (QED) is 0.655. The Morgan fingerprint density at radius 3 is 2.50 bits per heavy atom. The molecule has 0 saturated carbocycles. The first-order chi connectivity index (χ1) is 10.4. The van der Waals surface area contributed by atoms with Gasteiger partial charge in [-0.05, 0) is 12.5 Å². The van der Waals surface area contributed by atoms with Crippen LogP contribution in [0.2, 0.25) is 10.0 Å². The van der Waals surface area contributed by atoms with E-state index in [0.29, 0.717) is 36.8 Å². The molecule has 0 aliphatic carbocycles. The molecule has 2 rings (SSSR count). The zero-order chi connectivity index (χ0) is 16.3. The molecule has 0 aromatic heterocycles. The van der Waals surface area contributed by atoms with Gasteiger partial charge >= 0.3 is 0 Å². The molecule has 1 N–H and O–H groups in total. The number of nitro benzene ring substituents is 1. The normalized spacial score (nSPS) is 17.5. The summed E-state index contributed by atoms with van der Waals surface area (Å²) in [6, 6.07) is 2.86. The standard InChI is InChI=1S/C14H19Cl2N3O3/c1-2-11(20)9-17-3-5-18(6-4-17)14-12(16)7-10(15)8-13(14)19(21)22/h7-8,11,20H,2-6,9H2,1H3/t11-/m0/s1. The lowest BCUT2D eigenvalue weighted by atomic mass is 10.2. The lowest BCUT2D eigenvalue weighted by Gasteiger charge is -2.36. The summed E-state index contributed by atoms with van der Waals surface area (Å²) in [5, 5.41) is 21.5. The van der Waals surface area contributed by atoms with Crippen molar-refractivity contribution in [2.75, 3.05) is 37.6 Å². The highest BCUT2D eigenvalue weighted by Gasteiger charge is 2.27. The van der Waals surface area contributed by atoms with Crippen molar-refractivity contribution < 1.29 is 10.0 Å². The van der Waals surface area contributed by atoms with Crippen LogP contribution in [-0.2, 0) is 0 Å². The van der Waals surface area contributed by atoms with E-state index in [0.717, 1.165) is 13.1 Å². The molecule has 6 nitrogen and oxygen atoms in total. The van der Waals surface area contributed by atoms with Crippen molar-refractivity contribution in [3.8, 4) is 0 Å². The Hall–Kier alpha value is -1.08. The van der Waals surface area contributed by atoms with Gasteiger partial charge < -0.3 is 10.0 Å². The van der Waals surface area contributed by atoms with E-state index >= 15 is 0 Å². The van der Waals surface area contributed by atoms with Gasteiger partial charge in [0.15, 0.2) is 0 Å². The zero-order valence-corrected chi connectivity index (χ0v) is 13.8. The van der Waals surface area contributed by atoms with Crippen LogP contribution in [0.1, 0.15) is 13.3 Å². The van der Waals surface area contributed by atoms with Gasteiger partial charge in [-0.2, -0.15) is 0 Å². The number of benzene rings is 1. The van der Waals surface area contributed by atoms with Crippen LogP contribution in [0.5, 0.6) is 0 Å². The third kappa shape index (κ3) is 4.01. The van der Waals surface area contributed by atoms with Crippen molar-refractivity contribution in [2.24, 2.45) is 0 Å². The van der Waals surface area contributed by atoms with Crippen molar-refractivity contribution in [2.45, 2.75) is 19.4 Å². The number of piperazine rings is 1. The Labute approximate surface area is 139 Å². The van der Waals surface area contributed by atoms with Crippen molar-refractivity contribution in [3.63, 3.8) is 0 Å². The highest BCUT2D eigenvalue weighted by molar-refractivity contribution is 6.37. The monoisotopic (exact) mass is 347 g/mol. The van der Waals surface area contributed by atoms with Crippen LogP contribution >= 0.6 is 23.2 Å². The fourth-order valence-corrected chi connectivity index (χ4v) is 3.19. The number of halogens is 2. The van der Waals surface area contributed by atoms with Gasteiger partial charge in [0.1, 0.15) is 5.69 Å². The number of aliphatic hydroxyl groups excluding tert-OH is 1. The summed E-state index contributed by atoms with van der Waals surface area (Å²) in [6.07, 6.45) is 0.384. The highest BCUT2D eigenvalue weighted by atomic mass is 35.5. The number of hydrogen-bond acceptors (Lipinski definition) is 5. The molecule has 1 aliphatic heterocycles. The van der Waals surface area contributed by atoms with E-state index in [1.54, 1.807) is 0 Å². The first-order valence-electron chi connectivity index (χ1n) is 7.21. The molecular formula is C14H19Cl2N3O3. The minimum absolute atomic E-state index is 0.0699. The Balaban J connectivity index is 2.13. The zero-order valence-electron chi connectivity index (χ0n) is 12.3. The van der Waals surface area contributed by atoms with Gasteiger partial charge in [-0.1, -0.05) is 30.1 Å². The number of rotatable bonds is 5. The molecule has 8 heteroatoms. The van der Waals surface area contributed by atoms with E-state index in [-0.39, 0.29) is 16.8 Å². The average Bonchev–Trinajstić information content (AvgIpc) is 2.47. The molecular weight excluding hydrogens is 329 g/mol. The van der Waals surface area contributed by atoms with E-state index in [1.165, 1.54) is 12.1 Å². The van der Waals surface area contributed by atoms with Gasteiger partial charge in [-0.3, -0.25) is 15.0 Å². The molecule has 0 bridgehead atoms. The van der Waals surface area contributed by atoms with Crippen LogP contribution < -0.4 is 4.90 Å². The van der Waals surface area contributed by atoms with Crippen LogP contribution in [0.3, 0.4) is 0 Å².